The summed E-state index contributed by atoms with van der Waals surface area (Å²) in [4.78, 5) is 24.3. The summed E-state index contributed by atoms with van der Waals surface area (Å²) in [7, 11) is 0. The first-order valence-electron chi connectivity index (χ1n) is 11.8. The first-order valence-corrected chi connectivity index (χ1v) is 13.9. The molecule has 0 spiro atoms. The molecule has 1 heterocycles. The number of fused-ring (bicyclic) bond motifs is 3. The van der Waals surface area contributed by atoms with Crippen molar-refractivity contribution < 1.29 is 14.5 Å². The average molecular weight is 578 g/mol. The van der Waals surface area contributed by atoms with E-state index in [1.165, 1.54) is 17.8 Å². The number of carbonyl (C=O) groups is 1. The second-order valence-corrected chi connectivity index (χ2v) is 11.7. The molecule has 0 bridgehead atoms. The smallest absolute Gasteiger partial charge is 0.338 e. The molecule has 37 heavy (non-hydrogen) atoms. The number of hydrogen-bond acceptors (Lipinski definition) is 6. The molecule has 6 nitrogen and oxygen atoms in total. The Labute approximate surface area is 233 Å². The van der Waals surface area contributed by atoms with Crippen LogP contribution < -0.4 is 5.32 Å². The fraction of sp³-hybridized carbons (Fsp3) is 0.296. The molecule has 1 aliphatic heterocycles. The first kappa shape index (κ1) is 26.2. The molecule has 0 aromatic heterocycles. The summed E-state index contributed by atoms with van der Waals surface area (Å²) >= 11 is 21.4. The van der Waals surface area contributed by atoms with Gasteiger partial charge in [-0.1, -0.05) is 41.4 Å². The van der Waals surface area contributed by atoms with Gasteiger partial charge in [0.25, 0.3) is 5.69 Å². The highest BCUT2D eigenvalue weighted by atomic mass is 35.5. The van der Waals surface area contributed by atoms with Crippen molar-refractivity contribution in [1.29, 1.82) is 0 Å². The van der Waals surface area contributed by atoms with Crippen LogP contribution in [0, 0.1) is 16.0 Å². The zero-order chi connectivity index (χ0) is 26.3. The zero-order valence-electron chi connectivity index (χ0n) is 19.7. The Bertz CT molecular complexity index is 1370. The Kier molecular flexibility index (Phi) is 7.59. The second kappa shape index (κ2) is 10.7. The number of rotatable bonds is 6. The van der Waals surface area contributed by atoms with Crippen molar-refractivity contribution in [2.24, 2.45) is 5.92 Å². The second-order valence-electron chi connectivity index (χ2n) is 9.06. The summed E-state index contributed by atoms with van der Waals surface area (Å²) in [5.41, 5.74) is 3.23. The summed E-state index contributed by atoms with van der Waals surface area (Å²) in [6, 6.07) is 17.5. The van der Waals surface area contributed by atoms with Crippen molar-refractivity contribution in [1.82, 2.24) is 0 Å². The van der Waals surface area contributed by atoms with Gasteiger partial charge in [-0.15, -0.1) is 23.4 Å². The number of carbonyl (C=O) groups excluding carboxylic acids is 1. The Morgan fingerprint density at radius 2 is 1.92 bits per heavy atom. The van der Waals surface area contributed by atoms with Crippen LogP contribution in [0.2, 0.25) is 10.0 Å². The Morgan fingerprint density at radius 1 is 1.14 bits per heavy atom. The van der Waals surface area contributed by atoms with Crippen molar-refractivity contribution in [3.63, 3.8) is 0 Å². The number of nitrogens with one attached hydrogen (secondary N) is 1. The van der Waals surface area contributed by atoms with Crippen LogP contribution in [0.25, 0.3) is 0 Å². The first-order chi connectivity index (χ1) is 17.8. The van der Waals surface area contributed by atoms with E-state index in [9.17, 15) is 14.9 Å². The number of alkyl halides is 1. The van der Waals surface area contributed by atoms with Crippen molar-refractivity contribution in [2.45, 2.75) is 40.8 Å². The van der Waals surface area contributed by atoms with Gasteiger partial charge < -0.3 is 10.1 Å². The summed E-state index contributed by atoms with van der Waals surface area (Å²) in [6.45, 7) is 2.05. The molecule has 0 saturated heterocycles. The van der Waals surface area contributed by atoms with Crippen LogP contribution in [-0.4, -0.2) is 28.1 Å². The number of nitro benzene ring substituents is 1. The predicted octanol–water partition coefficient (Wildman–Crippen LogP) is 8.12. The van der Waals surface area contributed by atoms with Crippen molar-refractivity contribution >= 4 is 63.9 Å². The van der Waals surface area contributed by atoms with Crippen molar-refractivity contribution in [2.75, 3.05) is 11.9 Å². The Balaban J connectivity index is 1.57. The van der Waals surface area contributed by atoms with Gasteiger partial charge in [0.2, 0.25) is 0 Å². The largest absolute Gasteiger partial charge is 0.462 e. The standard InChI is InChI=1S/C27H23Cl3N2O4S/c1-2-36-27(33)14-7-10-20-17(11-14)24-18(26(31-20)16-9-8-15(28)12-19(16)29)13-23(25(24)30)37-22-6-4-3-5-21(22)32(34)35/h3-12,18,23-26,31H,2,13H2,1H3/t18-,23-,24-,25-,26-/m0/s1. The van der Waals surface area contributed by atoms with E-state index < -0.39 is 0 Å². The molecular weight excluding hydrogens is 555 g/mol. The molecule has 1 aliphatic carbocycles. The van der Waals surface area contributed by atoms with E-state index in [-0.39, 0.29) is 51.7 Å². The minimum absolute atomic E-state index is 0.0198. The maximum absolute atomic E-state index is 12.5. The fourth-order valence-electron chi connectivity index (χ4n) is 5.39. The molecule has 5 atom stereocenters. The molecule has 1 N–H and O–H groups in total. The summed E-state index contributed by atoms with van der Waals surface area (Å²) in [5.74, 6) is -0.490. The summed E-state index contributed by atoms with van der Waals surface area (Å²) < 4.78 is 5.22. The van der Waals surface area contributed by atoms with Gasteiger partial charge in [0.1, 0.15) is 0 Å². The van der Waals surface area contributed by atoms with Gasteiger partial charge in [0.05, 0.1) is 33.4 Å². The van der Waals surface area contributed by atoms with Crippen LogP contribution in [0.1, 0.15) is 46.8 Å². The number of anilines is 1. The number of esters is 1. The van der Waals surface area contributed by atoms with E-state index in [0.29, 0.717) is 26.9 Å². The number of halogens is 3. The number of nitrogens with zero attached hydrogens (tertiary/aromatic N) is 1. The number of benzene rings is 3. The molecular formula is C27H23Cl3N2O4S. The van der Waals surface area contributed by atoms with Crippen LogP contribution in [-0.2, 0) is 4.74 Å². The fourth-order valence-corrected chi connectivity index (χ4v) is 7.86. The molecule has 0 amide bonds. The monoisotopic (exact) mass is 576 g/mol. The number of ether oxygens (including phenoxy) is 1. The maximum Gasteiger partial charge on any atom is 0.338 e. The van der Waals surface area contributed by atoms with Crippen molar-refractivity contribution in [3.05, 3.63) is 97.5 Å². The number of thioether (sulfide) groups is 1. The zero-order valence-corrected chi connectivity index (χ0v) is 22.8. The van der Waals surface area contributed by atoms with E-state index in [2.05, 4.69) is 5.32 Å². The molecule has 3 aromatic carbocycles. The third-order valence-corrected chi connectivity index (χ3v) is 9.64. The van der Waals surface area contributed by atoms with Gasteiger partial charge in [-0.05, 0) is 66.8 Å². The number of nitro groups is 1. The van der Waals surface area contributed by atoms with E-state index in [4.69, 9.17) is 39.5 Å². The molecule has 10 heteroatoms. The van der Waals surface area contributed by atoms with E-state index >= 15 is 0 Å². The molecule has 2 aliphatic rings. The molecule has 0 unspecified atom stereocenters. The van der Waals surface area contributed by atoms with Crippen LogP contribution in [0.4, 0.5) is 11.4 Å². The molecule has 0 radical (unpaired) electrons. The molecule has 5 rings (SSSR count). The highest BCUT2D eigenvalue weighted by Crippen LogP contribution is 2.58. The molecule has 1 saturated carbocycles. The van der Waals surface area contributed by atoms with Gasteiger partial charge >= 0.3 is 5.97 Å². The summed E-state index contributed by atoms with van der Waals surface area (Å²) in [6.07, 6.45) is 0.690. The van der Waals surface area contributed by atoms with Crippen molar-refractivity contribution in [3.8, 4) is 0 Å². The number of para-hydroxylation sites is 1. The molecule has 3 aromatic rings. The third-order valence-electron chi connectivity index (χ3n) is 6.96. The predicted molar refractivity (Wildman–Crippen MR) is 148 cm³/mol. The van der Waals surface area contributed by atoms with Crippen LogP contribution in [0.15, 0.2) is 65.6 Å². The lowest BCUT2D eigenvalue weighted by Gasteiger charge is -2.39. The third kappa shape index (κ3) is 5.02. The highest BCUT2D eigenvalue weighted by molar-refractivity contribution is 8.00. The maximum atomic E-state index is 12.5. The highest BCUT2D eigenvalue weighted by Gasteiger charge is 2.51. The SMILES string of the molecule is CCOC(=O)c1ccc2c(c1)[C@@H]1[C@@H](Cl)[C@@H](Sc3ccccc3[N+](=O)[O-])C[C@@H]1[C@H](c1ccc(Cl)cc1Cl)N2. The van der Waals surface area contributed by atoms with Gasteiger partial charge in [-0.25, -0.2) is 4.79 Å². The average Bonchev–Trinajstić information content (AvgIpc) is 3.20. The molecule has 192 valence electrons. The lowest BCUT2D eigenvalue weighted by molar-refractivity contribution is -0.387. The van der Waals surface area contributed by atoms with Gasteiger partial charge in [-0.2, -0.15) is 0 Å². The van der Waals surface area contributed by atoms with Gasteiger partial charge in [0, 0.05) is 33.0 Å². The van der Waals surface area contributed by atoms with Gasteiger partial charge in [0.15, 0.2) is 0 Å². The lowest BCUT2D eigenvalue weighted by atomic mass is 9.77. The normalized spacial score (nSPS) is 24.1. The Morgan fingerprint density at radius 3 is 2.65 bits per heavy atom. The van der Waals surface area contributed by atoms with E-state index in [1.54, 1.807) is 37.3 Å². The van der Waals surface area contributed by atoms with Crippen LogP contribution in [0.3, 0.4) is 0 Å². The van der Waals surface area contributed by atoms with E-state index in [1.807, 2.05) is 24.3 Å². The lowest BCUT2D eigenvalue weighted by Crippen LogP contribution is -2.31. The minimum Gasteiger partial charge on any atom is -0.462 e. The number of hydrogen-bond donors (Lipinski definition) is 1. The van der Waals surface area contributed by atoms with Gasteiger partial charge in [-0.3, -0.25) is 10.1 Å². The quantitative estimate of drug-likeness (QED) is 0.138. The molecule has 1 fully saturated rings. The minimum atomic E-state index is -0.389. The summed E-state index contributed by atoms with van der Waals surface area (Å²) in [5, 5.41) is 15.9. The van der Waals surface area contributed by atoms with Crippen LogP contribution in [0.5, 0.6) is 0 Å². The van der Waals surface area contributed by atoms with Crippen LogP contribution >= 0.6 is 46.6 Å². The Hall–Kier alpha value is -2.45. The topological polar surface area (TPSA) is 81.5 Å². The van der Waals surface area contributed by atoms with E-state index in [0.717, 1.165) is 16.8 Å².